The van der Waals surface area contributed by atoms with Crippen LogP contribution in [0, 0.1) is 6.57 Å². The first-order valence-electron chi connectivity index (χ1n) is 3.55. The Bertz CT molecular complexity index is 258. The summed E-state index contributed by atoms with van der Waals surface area (Å²) in [6.45, 7) is 10.5. The minimum atomic E-state index is 0.208. The second-order valence-electron chi connectivity index (χ2n) is 1.31. The maximum Gasteiger partial charge on any atom is 0.241 e. The fourth-order valence-electron chi connectivity index (χ4n) is 0.382. The Morgan fingerprint density at radius 3 is 2.23 bits per heavy atom. The highest BCUT2D eigenvalue weighted by Gasteiger charge is 1.96. The number of nitrogens with zero attached hydrogens (tertiary/aromatic N) is 3. The Morgan fingerprint density at radius 1 is 1.38 bits per heavy atom. The van der Waals surface area contributed by atoms with Gasteiger partial charge < -0.3 is 0 Å². The van der Waals surface area contributed by atoms with E-state index in [1.807, 2.05) is 13.8 Å². The van der Waals surface area contributed by atoms with Gasteiger partial charge >= 0.3 is 0 Å². The van der Waals surface area contributed by atoms with Gasteiger partial charge in [-0.2, -0.15) is 0 Å². The highest BCUT2D eigenvalue weighted by atomic mass is 35.5. The normalized spacial score (nSPS) is 6.77. The fraction of sp³-hybridized carbons (Fsp3) is 0.375. The number of aromatic nitrogens is 2. The standard InChI is InChI=1S/C5H2ClN3.C2H6.CH3Cl/c1-7-4-2-8-3-9-5(4)6;2*1-2/h2-3H;1-2H3;1H3. The van der Waals surface area contributed by atoms with E-state index in [0.29, 0.717) is 5.69 Å². The average Bonchev–Trinajstić information content (AvgIpc) is 2.24. The molecule has 0 N–H and O–H groups in total. The van der Waals surface area contributed by atoms with Gasteiger partial charge in [0.1, 0.15) is 11.5 Å². The summed E-state index contributed by atoms with van der Waals surface area (Å²) in [6.07, 6.45) is 4.15. The van der Waals surface area contributed by atoms with Crippen molar-refractivity contribution < 1.29 is 0 Å². The van der Waals surface area contributed by atoms with Crippen molar-refractivity contribution in [1.29, 1.82) is 0 Å². The van der Waals surface area contributed by atoms with Crippen LogP contribution in [0.2, 0.25) is 5.15 Å². The van der Waals surface area contributed by atoms with Crippen molar-refractivity contribution in [3.63, 3.8) is 0 Å². The minimum Gasteiger partial charge on any atom is -0.256 e. The van der Waals surface area contributed by atoms with Gasteiger partial charge in [0.05, 0.1) is 6.57 Å². The molecule has 1 aromatic heterocycles. The van der Waals surface area contributed by atoms with Gasteiger partial charge in [-0.25, -0.2) is 9.83 Å². The van der Waals surface area contributed by atoms with E-state index in [2.05, 4.69) is 26.4 Å². The molecule has 0 unspecified atom stereocenters. The predicted molar refractivity (Wildman–Crippen MR) is 56.4 cm³/mol. The SMILES string of the molecule is CC.CCl.[C-]#[N+]c1cncnc1Cl. The maximum absolute atomic E-state index is 6.55. The second kappa shape index (κ2) is 11.2. The van der Waals surface area contributed by atoms with E-state index in [1.54, 1.807) is 0 Å². The minimum absolute atomic E-state index is 0.208. The fourth-order valence-corrected chi connectivity index (χ4v) is 0.517. The molecule has 1 aromatic rings. The molecule has 13 heavy (non-hydrogen) atoms. The Balaban J connectivity index is 0. The van der Waals surface area contributed by atoms with Crippen LogP contribution in [0.3, 0.4) is 0 Å². The number of hydrogen-bond donors (Lipinski definition) is 0. The lowest BCUT2D eigenvalue weighted by molar-refractivity contribution is 1.18. The van der Waals surface area contributed by atoms with Crippen LogP contribution >= 0.6 is 23.2 Å². The molecule has 0 fully saturated rings. The summed E-state index contributed by atoms with van der Waals surface area (Å²) in [6, 6.07) is 0. The van der Waals surface area contributed by atoms with Crippen LogP contribution in [0.25, 0.3) is 4.85 Å². The van der Waals surface area contributed by atoms with Gasteiger partial charge in [-0.15, -0.1) is 11.6 Å². The van der Waals surface area contributed by atoms with Crippen LogP contribution in [0.1, 0.15) is 13.8 Å². The molecule has 0 radical (unpaired) electrons. The summed E-state index contributed by atoms with van der Waals surface area (Å²) in [5.41, 5.74) is 0.291. The zero-order chi connectivity index (χ0) is 10.7. The number of alkyl halides is 1. The smallest absolute Gasteiger partial charge is 0.241 e. The van der Waals surface area contributed by atoms with Gasteiger partial charge in [0, 0.05) is 12.6 Å². The highest BCUT2D eigenvalue weighted by molar-refractivity contribution is 6.31. The van der Waals surface area contributed by atoms with Crippen molar-refractivity contribution >= 4 is 28.9 Å². The van der Waals surface area contributed by atoms with Crippen LogP contribution in [0.4, 0.5) is 5.69 Å². The van der Waals surface area contributed by atoms with Crippen molar-refractivity contribution in [1.82, 2.24) is 9.97 Å². The van der Waals surface area contributed by atoms with Crippen molar-refractivity contribution in [2.75, 3.05) is 6.38 Å². The molecule has 0 aliphatic heterocycles. The zero-order valence-corrected chi connectivity index (χ0v) is 9.26. The molecular weight excluding hydrogens is 209 g/mol. The Kier molecular flexibility index (Phi) is 12.6. The van der Waals surface area contributed by atoms with Crippen LogP contribution in [-0.4, -0.2) is 16.4 Å². The molecule has 3 nitrogen and oxygen atoms in total. The molecule has 0 saturated carbocycles. The third-order valence-corrected chi connectivity index (χ3v) is 1.06. The van der Waals surface area contributed by atoms with Crippen LogP contribution in [0.15, 0.2) is 12.5 Å². The summed E-state index contributed by atoms with van der Waals surface area (Å²) in [5, 5.41) is 0.208. The van der Waals surface area contributed by atoms with Crippen LogP contribution in [-0.2, 0) is 0 Å². The van der Waals surface area contributed by atoms with E-state index in [4.69, 9.17) is 18.2 Å². The lowest BCUT2D eigenvalue weighted by atomic mass is 10.6. The molecular formula is C8H11Cl2N3. The molecule has 0 aromatic carbocycles. The summed E-state index contributed by atoms with van der Waals surface area (Å²) < 4.78 is 0. The molecule has 0 saturated heterocycles. The average molecular weight is 220 g/mol. The summed E-state index contributed by atoms with van der Waals surface area (Å²) in [5.74, 6) is 0. The van der Waals surface area contributed by atoms with Gasteiger partial charge in [-0.1, -0.05) is 25.4 Å². The van der Waals surface area contributed by atoms with Crippen molar-refractivity contribution in [3.8, 4) is 0 Å². The first kappa shape index (κ1) is 14.7. The lowest BCUT2D eigenvalue weighted by Gasteiger charge is -1.87. The van der Waals surface area contributed by atoms with Crippen molar-refractivity contribution in [2.45, 2.75) is 13.8 Å². The van der Waals surface area contributed by atoms with Gasteiger partial charge in [0.2, 0.25) is 5.69 Å². The molecule has 0 amide bonds. The van der Waals surface area contributed by atoms with E-state index in [9.17, 15) is 0 Å². The van der Waals surface area contributed by atoms with Gasteiger partial charge in [-0.3, -0.25) is 4.98 Å². The third kappa shape index (κ3) is 6.32. The van der Waals surface area contributed by atoms with Crippen LogP contribution in [0.5, 0.6) is 0 Å². The number of rotatable bonds is 0. The first-order valence-corrected chi connectivity index (χ1v) is 4.68. The largest absolute Gasteiger partial charge is 0.256 e. The highest BCUT2D eigenvalue weighted by Crippen LogP contribution is 2.18. The molecule has 0 aliphatic rings. The predicted octanol–water partition coefficient (Wildman–Crippen LogP) is 3.56. The molecule has 0 atom stereocenters. The summed E-state index contributed by atoms with van der Waals surface area (Å²) in [4.78, 5) is 10.3. The summed E-state index contributed by atoms with van der Waals surface area (Å²) >= 11 is 10.1. The van der Waals surface area contributed by atoms with Gasteiger partial charge in [-0.05, 0) is 0 Å². The molecule has 1 rings (SSSR count). The summed E-state index contributed by atoms with van der Waals surface area (Å²) in [7, 11) is 0. The van der Waals surface area contributed by atoms with E-state index < -0.39 is 0 Å². The molecule has 5 heteroatoms. The monoisotopic (exact) mass is 219 g/mol. The zero-order valence-electron chi connectivity index (χ0n) is 7.75. The molecule has 1 heterocycles. The molecule has 0 aliphatic carbocycles. The van der Waals surface area contributed by atoms with Crippen LogP contribution < -0.4 is 0 Å². The second-order valence-corrected chi connectivity index (χ2v) is 1.67. The van der Waals surface area contributed by atoms with E-state index in [1.165, 1.54) is 18.9 Å². The lowest BCUT2D eigenvalue weighted by Crippen LogP contribution is -1.75. The maximum atomic E-state index is 6.55. The van der Waals surface area contributed by atoms with Crippen molar-refractivity contribution in [3.05, 3.63) is 29.1 Å². The Hall–Kier alpha value is -0.850. The topological polar surface area (TPSA) is 30.1 Å². The van der Waals surface area contributed by atoms with E-state index in [-0.39, 0.29) is 5.15 Å². The number of hydrogen-bond acceptors (Lipinski definition) is 2. The Labute approximate surface area is 88.6 Å². The van der Waals surface area contributed by atoms with Crippen molar-refractivity contribution in [2.24, 2.45) is 0 Å². The van der Waals surface area contributed by atoms with Gasteiger partial charge in [0.15, 0.2) is 0 Å². The molecule has 0 spiro atoms. The third-order valence-electron chi connectivity index (χ3n) is 0.766. The van der Waals surface area contributed by atoms with E-state index >= 15 is 0 Å². The molecule has 0 bridgehead atoms. The van der Waals surface area contributed by atoms with E-state index in [0.717, 1.165) is 0 Å². The first-order chi connectivity index (χ1) is 6.34. The molecule has 72 valence electrons. The number of halogens is 2. The quantitative estimate of drug-likeness (QED) is 0.380. The van der Waals surface area contributed by atoms with Gasteiger partial charge in [0.25, 0.3) is 0 Å². The Morgan fingerprint density at radius 2 is 1.92 bits per heavy atom.